The predicted octanol–water partition coefficient (Wildman–Crippen LogP) is 4.65. The lowest BCUT2D eigenvalue weighted by Gasteiger charge is -2.26. The smallest absolute Gasteiger partial charge is 0.254 e. The van der Waals surface area contributed by atoms with Gasteiger partial charge in [-0.2, -0.15) is 0 Å². The molecule has 0 atom stereocenters. The number of nitrogens with zero attached hydrogens (tertiary/aromatic N) is 2. The topological polar surface area (TPSA) is 42.0 Å². The van der Waals surface area contributed by atoms with Crippen molar-refractivity contribution in [3.63, 3.8) is 0 Å². The van der Waals surface area contributed by atoms with Gasteiger partial charge in [0.1, 0.15) is 0 Å². The van der Waals surface area contributed by atoms with Crippen LogP contribution in [0.15, 0.2) is 48.0 Å². The first-order valence-corrected chi connectivity index (χ1v) is 11.0. The molecule has 1 fully saturated rings. The molecular weight excluding hydrogens is 388 g/mol. The Bertz CT molecular complexity index is 902. The molecule has 0 N–H and O–H groups in total. The molecule has 3 rings (SSSR count). The van der Waals surface area contributed by atoms with Crippen molar-refractivity contribution in [3.8, 4) is 11.5 Å². The van der Waals surface area contributed by atoms with Crippen LogP contribution in [-0.2, 0) is 0 Å². The molecular formula is C26H34N2O3. The fourth-order valence-electron chi connectivity index (χ4n) is 4.16. The normalized spacial score (nSPS) is 14.5. The molecule has 1 saturated heterocycles. The summed E-state index contributed by atoms with van der Waals surface area (Å²) in [6, 6.07) is 13.9. The van der Waals surface area contributed by atoms with E-state index in [1.165, 1.54) is 12.8 Å². The molecule has 5 nitrogen and oxygen atoms in total. The van der Waals surface area contributed by atoms with Gasteiger partial charge in [0.2, 0.25) is 0 Å². The number of ether oxygens (including phenoxy) is 2. The highest BCUT2D eigenvalue weighted by Gasteiger charge is 2.21. The van der Waals surface area contributed by atoms with E-state index in [-0.39, 0.29) is 5.91 Å². The van der Waals surface area contributed by atoms with Crippen LogP contribution in [0.2, 0.25) is 0 Å². The van der Waals surface area contributed by atoms with Crippen LogP contribution in [0.25, 0.3) is 6.08 Å². The summed E-state index contributed by atoms with van der Waals surface area (Å²) in [4.78, 5) is 17.9. The largest absolute Gasteiger partial charge is 0.493 e. The van der Waals surface area contributed by atoms with E-state index in [9.17, 15) is 4.79 Å². The van der Waals surface area contributed by atoms with Gasteiger partial charge in [-0.3, -0.25) is 4.79 Å². The molecule has 0 aromatic heterocycles. The summed E-state index contributed by atoms with van der Waals surface area (Å²) >= 11 is 0. The molecule has 1 heterocycles. The Balaban J connectivity index is 1.83. The van der Waals surface area contributed by atoms with Crippen LogP contribution >= 0.6 is 0 Å². The summed E-state index contributed by atoms with van der Waals surface area (Å²) in [5.41, 5.74) is 3.82. The van der Waals surface area contributed by atoms with Crippen molar-refractivity contribution in [1.29, 1.82) is 0 Å². The van der Waals surface area contributed by atoms with Gasteiger partial charge in [0.15, 0.2) is 11.5 Å². The highest BCUT2D eigenvalue weighted by Crippen LogP contribution is 2.32. The molecule has 0 aliphatic carbocycles. The summed E-state index contributed by atoms with van der Waals surface area (Å²) in [7, 11) is 3.22. The molecule has 166 valence electrons. The molecule has 2 aromatic rings. The molecule has 0 bridgehead atoms. The number of rotatable bonds is 9. The van der Waals surface area contributed by atoms with Crippen LogP contribution in [0.4, 0.5) is 0 Å². The van der Waals surface area contributed by atoms with E-state index in [1.807, 2.05) is 36.1 Å². The molecule has 0 radical (unpaired) electrons. The van der Waals surface area contributed by atoms with E-state index in [0.29, 0.717) is 30.2 Å². The third kappa shape index (κ3) is 6.11. The number of aryl methyl sites for hydroxylation is 1. The van der Waals surface area contributed by atoms with Crippen LogP contribution in [0.5, 0.6) is 11.5 Å². The second-order valence-electron chi connectivity index (χ2n) is 8.21. The summed E-state index contributed by atoms with van der Waals surface area (Å²) < 4.78 is 10.9. The lowest BCUT2D eigenvalue weighted by atomic mass is 10.1. The van der Waals surface area contributed by atoms with Gasteiger partial charge in [-0.1, -0.05) is 42.0 Å². The first-order valence-electron chi connectivity index (χ1n) is 11.0. The van der Waals surface area contributed by atoms with Gasteiger partial charge in [0.05, 0.1) is 14.2 Å². The summed E-state index contributed by atoms with van der Waals surface area (Å²) in [5, 5.41) is 0. The SMILES string of the molecule is COc1cc(C(=O)N(CCN2CCCC2)C/C(C)=C/c2ccccc2)cc(C)c1OC. The van der Waals surface area contributed by atoms with Crippen molar-refractivity contribution in [1.82, 2.24) is 9.80 Å². The van der Waals surface area contributed by atoms with Crippen molar-refractivity contribution in [2.45, 2.75) is 26.7 Å². The Hall–Kier alpha value is -2.79. The van der Waals surface area contributed by atoms with Crippen LogP contribution in [0, 0.1) is 6.92 Å². The molecule has 0 spiro atoms. The maximum absolute atomic E-state index is 13.5. The summed E-state index contributed by atoms with van der Waals surface area (Å²) in [5.74, 6) is 1.27. The van der Waals surface area contributed by atoms with Gasteiger partial charge in [0, 0.05) is 25.2 Å². The average Bonchev–Trinajstić information content (AvgIpc) is 3.29. The maximum atomic E-state index is 13.5. The van der Waals surface area contributed by atoms with Gasteiger partial charge in [0.25, 0.3) is 5.91 Å². The van der Waals surface area contributed by atoms with E-state index in [0.717, 1.165) is 36.3 Å². The van der Waals surface area contributed by atoms with Crippen molar-refractivity contribution >= 4 is 12.0 Å². The molecule has 31 heavy (non-hydrogen) atoms. The highest BCUT2D eigenvalue weighted by molar-refractivity contribution is 5.95. The number of hydrogen-bond donors (Lipinski definition) is 0. The minimum Gasteiger partial charge on any atom is -0.493 e. The van der Waals surface area contributed by atoms with E-state index >= 15 is 0 Å². The fraction of sp³-hybridized carbons (Fsp3) is 0.423. The number of carbonyl (C=O) groups is 1. The Labute approximate surface area is 186 Å². The Kier molecular flexibility index (Phi) is 8.13. The van der Waals surface area contributed by atoms with Crippen molar-refractivity contribution in [2.24, 2.45) is 0 Å². The monoisotopic (exact) mass is 422 g/mol. The molecule has 2 aromatic carbocycles. The maximum Gasteiger partial charge on any atom is 0.254 e. The Morgan fingerprint density at radius 3 is 2.45 bits per heavy atom. The van der Waals surface area contributed by atoms with Crippen LogP contribution in [-0.4, -0.2) is 62.7 Å². The molecule has 0 saturated carbocycles. The number of amides is 1. The van der Waals surface area contributed by atoms with E-state index in [4.69, 9.17) is 9.47 Å². The second kappa shape index (κ2) is 11.0. The van der Waals surface area contributed by atoms with Gasteiger partial charge in [-0.05, 0) is 63.0 Å². The summed E-state index contributed by atoms with van der Waals surface area (Å²) in [6.07, 6.45) is 4.64. The number of likely N-dealkylation sites (tertiary alicyclic amines) is 1. The molecule has 0 unspecified atom stereocenters. The third-order valence-electron chi connectivity index (χ3n) is 5.74. The lowest BCUT2D eigenvalue weighted by Crippen LogP contribution is -2.39. The zero-order chi connectivity index (χ0) is 22.2. The predicted molar refractivity (Wildman–Crippen MR) is 126 cm³/mol. The first-order chi connectivity index (χ1) is 15.0. The third-order valence-corrected chi connectivity index (χ3v) is 5.74. The molecule has 1 aliphatic heterocycles. The molecule has 5 heteroatoms. The first kappa shape index (κ1) is 22.9. The average molecular weight is 423 g/mol. The van der Waals surface area contributed by atoms with Gasteiger partial charge in [-0.15, -0.1) is 0 Å². The number of carbonyl (C=O) groups excluding carboxylic acids is 1. The second-order valence-corrected chi connectivity index (χ2v) is 8.21. The number of hydrogen-bond acceptors (Lipinski definition) is 4. The van der Waals surface area contributed by atoms with Crippen molar-refractivity contribution in [2.75, 3.05) is 46.9 Å². The Morgan fingerprint density at radius 1 is 1.10 bits per heavy atom. The molecule has 1 amide bonds. The van der Waals surface area contributed by atoms with E-state index in [2.05, 4.69) is 30.0 Å². The molecule has 1 aliphatic rings. The quantitative estimate of drug-likeness (QED) is 0.590. The van der Waals surface area contributed by atoms with Gasteiger partial charge in [-0.25, -0.2) is 0 Å². The zero-order valence-electron chi connectivity index (χ0n) is 19.2. The van der Waals surface area contributed by atoms with E-state index < -0.39 is 0 Å². The minimum atomic E-state index is 0.0176. The van der Waals surface area contributed by atoms with Crippen LogP contribution in [0.1, 0.15) is 41.3 Å². The number of methoxy groups -OCH3 is 2. The van der Waals surface area contributed by atoms with Crippen LogP contribution < -0.4 is 9.47 Å². The van der Waals surface area contributed by atoms with Crippen molar-refractivity contribution in [3.05, 3.63) is 64.7 Å². The van der Waals surface area contributed by atoms with Crippen molar-refractivity contribution < 1.29 is 14.3 Å². The highest BCUT2D eigenvalue weighted by atomic mass is 16.5. The minimum absolute atomic E-state index is 0.0176. The van der Waals surface area contributed by atoms with E-state index in [1.54, 1.807) is 20.3 Å². The fourth-order valence-corrected chi connectivity index (χ4v) is 4.16. The number of benzene rings is 2. The van der Waals surface area contributed by atoms with Gasteiger partial charge < -0.3 is 19.3 Å². The standard InChI is InChI=1S/C26H34N2O3/c1-20(16-22-10-6-5-7-11-22)19-28(15-14-27-12-8-9-13-27)26(29)23-17-21(2)25(31-4)24(18-23)30-3/h5-7,10-11,16-18H,8-9,12-15,19H2,1-4H3/b20-16+. The zero-order valence-corrected chi connectivity index (χ0v) is 19.2. The van der Waals surface area contributed by atoms with Gasteiger partial charge >= 0.3 is 0 Å². The van der Waals surface area contributed by atoms with Crippen LogP contribution in [0.3, 0.4) is 0 Å². The Morgan fingerprint density at radius 2 is 1.81 bits per heavy atom. The lowest BCUT2D eigenvalue weighted by molar-refractivity contribution is 0.0755. The summed E-state index contributed by atoms with van der Waals surface area (Å²) in [6.45, 7) is 8.46.